The normalized spacial score (nSPS) is 11.5. The number of hydrogen-bond donors (Lipinski definition) is 2. The van der Waals surface area contributed by atoms with Gasteiger partial charge in [0.25, 0.3) is 0 Å². The van der Waals surface area contributed by atoms with Crippen LogP contribution in [0.3, 0.4) is 0 Å². The summed E-state index contributed by atoms with van der Waals surface area (Å²) in [5.41, 5.74) is 2.81. The molecule has 0 spiro atoms. The molecule has 2 rings (SSSR count). The summed E-state index contributed by atoms with van der Waals surface area (Å²) in [4.78, 5) is 4.29. The molecule has 2 N–H and O–H groups in total. The van der Waals surface area contributed by atoms with Gasteiger partial charge in [0.05, 0.1) is 4.90 Å². The minimum absolute atomic E-state index is 0.234. The lowest BCUT2D eigenvalue weighted by atomic mass is 10.2. The van der Waals surface area contributed by atoms with E-state index in [1.165, 1.54) is 0 Å². The predicted octanol–water partition coefficient (Wildman–Crippen LogP) is 1.59. The Morgan fingerprint density at radius 3 is 2.71 bits per heavy atom. The molecule has 1 heterocycles. The van der Waals surface area contributed by atoms with Gasteiger partial charge in [-0.2, -0.15) is 0 Å². The topological polar surface area (TPSA) is 71.1 Å². The summed E-state index contributed by atoms with van der Waals surface area (Å²) < 4.78 is 27.3. The van der Waals surface area contributed by atoms with Gasteiger partial charge in [0.15, 0.2) is 0 Å². The zero-order valence-electron chi connectivity index (χ0n) is 12.1. The number of aromatic nitrogens is 1. The molecular formula is C15H19N3O2S. The highest BCUT2D eigenvalue weighted by molar-refractivity contribution is 7.89. The molecule has 1 aromatic heterocycles. The van der Waals surface area contributed by atoms with Crippen molar-refractivity contribution in [2.75, 3.05) is 7.05 Å². The molecule has 0 unspecified atom stereocenters. The fourth-order valence-electron chi connectivity index (χ4n) is 1.96. The van der Waals surface area contributed by atoms with Crippen LogP contribution in [0.2, 0.25) is 0 Å². The van der Waals surface area contributed by atoms with E-state index in [9.17, 15) is 8.42 Å². The van der Waals surface area contributed by atoms with Crippen molar-refractivity contribution in [3.05, 3.63) is 59.4 Å². The number of nitrogens with one attached hydrogen (secondary N) is 2. The summed E-state index contributed by atoms with van der Waals surface area (Å²) in [7, 11) is -1.70. The van der Waals surface area contributed by atoms with Crippen LogP contribution in [0, 0.1) is 6.92 Å². The van der Waals surface area contributed by atoms with E-state index in [2.05, 4.69) is 15.0 Å². The molecule has 2 aromatic rings. The molecule has 0 saturated carbocycles. The summed E-state index contributed by atoms with van der Waals surface area (Å²) in [6, 6.07) is 8.76. The molecule has 6 heteroatoms. The monoisotopic (exact) mass is 305 g/mol. The largest absolute Gasteiger partial charge is 0.316 e. The van der Waals surface area contributed by atoms with Crippen molar-refractivity contribution in [2.24, 2.45) is 0 Å². The first-order valence-electron chi connectivity index (χ1n) is 6.65. The number of benzene rings is 1. The lowest BCUT2D eigenvalue weighted by Gasteiger charge is -2.09. The van der Waals surface area contributed by atoms with Crippen LogP contribution in [0.5, 0.6) is 0 Å². The Kier molecular flexibility index (Phi) is 5.06. The number of hydrogen-bond acceptors (Lipinski definition) is 4. The summed E-state index contributed by atoms with van der Waals surface area (Å²) in [6.07, 6.45) is 3.36. The van der Waals surface area contributed by atoms with Crippen LogP contribution in [0.4, 0.5) is 0 Å². The number of aryl methyl sites for hydroxylation is 1. The first-order chi connectivity index (χ1) is 10.0. The quantitative estimate of drug-likeness (QED) is 0.850. The Morgan fingerprint density at radius 2 is 2.00 bits per heavy atom. The molecule has 0 aliphatic heterocycles. The second-order valence-electron chi connectivity index (χ2n) is 4.80. The van der Waals surface area contributed by atoms with E-state index >= 15 is 0 Å². The molecule has 0 aliphatic rings. The van der Waals surface area contributed by atoms with Crippen molar-refractivity contribution in [1.29, 1.82) is 0 Å². The van der Waals surface area contributed by atoms with Crippen LogP contribution in [0.25, 0.3) is 0 Å². The molecule has 0 atom stereocenters. The van der Waals surface area contributed by atoms with E-state index < -0.39 is 10.0 Å². The van der Waals surface area contributed by atoms with E-state index in [0.29, 0.717) is 6.54 Å². The van der Waals surface area contributed by atoms with Gasteiger partial charge < -0.3 is 5.32 Å². The van der Waals surface area contributed by atoms with Gasteiger partial charge in [-0.1, -0.05) is 12.1 Å². The average molecular weight is 305 g/mol. The van der Waals surface area contributed by atoms with Crippen molar-refractivity contribution in [3.8, 4) is 0 Å². The second kappa shape index (κ2) is 6.80. The van der Waals surface area contributed by atoms with Crippen LogP contribution >= 0.6 is 0 Å². The van der Waals surface area contributed by atoms with Crippen LogP contribution in [0.15, 0.2) is 47.6 Å². The van der Waals surface area contributed by atoms with Gasteiger partial charge in [-0.05, 0) is 48.9 Å². The smallest absolute Gasteiger partial charge is 0.240 e. The summed E-state index contributed by atoms with van der Waals surface area (Å²) in [5.74, 6) is 0. The van der Waals surface area contributed by atoms with E-state index in [0.717, 1.165) is 16.7 Å². The van der Waals surface area contributed by atoms with Crippen molar-refractivity contribution < 1.29 is 8.42 Å². The lowest BCUT2D eigenvalue weighted by molar-refractivity contribution is 0.581. The molecule has 0 amide bonds. The van der Waals surface area contributed by atoms with Gasteiger partial charge in [0.2, 0.25) is 10.0 Å². The standard InChI is InChI=1S/C15H19N3O2S/c1-12-6-7-17-10-14(12)11-18-21(19,20)15-5-3-4-13(8-15)9-16-2/h3-8,10,16,18H,9,11H2,1-2H3. The molecule has 0 fully saturated rings. The Labute approximate surface area is 125 Å². The summed E-state index contributed by atoms with van der Waals surface area (Å²) in [6.45, 7) is 2.79. The van der Waals surface area contributed by atoms with Gasteiger partial charge in [0, 0.05) is 25.5 Å². The summed E-state index contributed by atoms with van der Waals surface area (Å²) in [5, 5.41) is 3.00. The maximum atomic E-state index is 12.3. The fourth-order valence-corrected chi connectivity index (χ4v) is 3.04. The predicted molar refractivity (Wildman–Crippen MR) is 82.2 cm³/mol. The van der Waals surface area contributed by atoms with E-state index in [1.807, 2.05) is 26.1 Å². The highest BCUT2D eigenvalue weighted by Crippen LogP contribution is 2.13. The molecule has 5 nitrogen and oxygen atoms in total. The van der Waals surface area contributed by atoms with Gasteiger partial charge in [-0.3, -0.25) is 4.98 Å². The number of nitrogens with zero attached hydrogens (tertiary/aromatic N) is 1. The fraction of sp³-hybridized carbons (Fsp3) is 0.267. The highest BCUT2D eigenvalue weighted by Gasteiger charge is 2.14. The third kappa shape index (κ3) is 4.10. The van der Waals surface area contributed by atoms with E-state index in [-0.39, 0.29) is 11.4 Å². The highest BCUT2D eigenvalue weighted by atomic mass is 32.2. The van der Waals surface area contributed by atoms with Crippen molar-refractivity contribution in [2.45, 2.75) is 24.9 Å². The van der Waals surface area contributed by atoms with Crippen LogP contribution in [-0.2, 0) is 23.1 Å². The first-order valence-corrected chi connectivity index (χ1v) is 8.14. The number of pyridine rings is 1. The van der Waals surface area contributed by atoms with Gasteiger partial charge >= 0.3 is 0 Å². The Morgan fingerprint density at radius 1 is 1.19 bits per heavy atom. The number of rotatable bonds is 6. The van der Waals surface area contributed by atoms with Crippen LogP contribution < -0.4 is 10.0 Å². The van der Waals surface area contributed by atoms with Crippen LogP contribution in [-0.4, -0.2) is 20.4 Å². The van der Waals surface area contributed by atoms with Gasteiger partial charge in [-0.25, -0.2) is 13.1 Å². The van der Waals surface area contributed by atoms with Gasteiger partial charge in [-0.15, -0.1) is 0 Å². The molecule has 21 heavy (non-hydrogen) atoms. The molecule has 112 valence electrons. The Hall–Kier alpha value is -1.76. The summed E-state index contributed by atoms with van der Waals surface area (Å²) >= 11 is 0. The minimum Gasteiger partial charge on any atom is -0.316 e. The molecule has 0 bridgehead atoms. The Balaban J connectivity index is 2.15. The van der Waals surface area contributed by atoms with E-state index in [4.69, 9.17) is 0 Å². The molecule has 1 aromatic carbocycles. The minimum atomic E-state index is -3.52. The third-order valence-corrected chi connectivity index (χ3v) is 4.59. The first kappa shape index (κ1) is 15.6. The maximum Gasteiger partial charge on any atom is 0.240 e. The Bertz CT molecular complexity index is 714. The zero-order chi connectivity index (χ0) is 15.3. The molecule has 0 aliphatic carbocycles. The molecular weight excluding hydrogens is 286 g/mol. The average Bonchev–Trinajstić information content (AvgIpc) is 2.47. The zero-order valence-corrected chi connectivity index (χ0v) is 12.9. The van der Waals surface area contributed by atoms with Gasteiger partial charge in [0.1, 0.15) is 0 Å². The SMILES string of the molecule is CNCc1cccc(S(=O)(=O)NCc2cnccc2C)c1. The number of sulfonamides is 1. The third-order valence-electron chi connectivity index (χ3n) is 3.19. The molecule has 0 saturated heterocycles. The van der Waals surface area contributed by atoms with Crippen molar-refractivity contribution >= 4 is 10.0 Å². The van der Waals surface area contributed by atoms with Crippen LogP contribution in [0.1, 0.15) is 16.7 Å². The van der Waals surface area contributed by atoms with Crippen molar-refractivity contribution in [1.82, 2.24) is 15.0 Å². The molecule has 0 radical (unpaired) electrons. The lowest BCUT2D eigenvalue weighted by Crippen LogP contribution is -2.24. The van der Waals surface area contributed by atoms with Crippen molar-refractivity contribution in [3.63, 3.8) is 0 Å². The maximum absolute atomic E-state index is 12.3. The second-order valence-corrected chi connectivity index (χ2v) is 6.57. The van der Waals surface area contributed by atoms with E-state index in [1.54, 1.807) is 30.6 Å².